The molecule has 3 fully saturated rings. The molecule has 5 rings (SSSR count). The molecule has 0 spiro atoms. The van der Waals surface area contributed by atoms with Gasteiger partial charge in [-0.1, -0.05) is 77.0 Å². The van der Waals surface area contributed by atoms with Crippen molar-refractivity contribution < 1.29 is 29.9 Å². The Balaban J connectivity index is 1.27. The molecule has 0 bridgehead atoms. The van der Waals surface area contributed by atoms with Crippen LogP contribution in [0, 0.1) is 46.3 Å². The van der Waals surface area contributed by atoms with Crippen molar-refractivity contribution in [3.63, 3.8) is 0 Å². The average Bonchev–Trinajstić information content (AvgIpc) is 3.30. The first kappa shape index (κ1) is 31.4. The van der Waals surface area contributed by atoms with E-state index >= 15 is 0 Å². The number of allylic oxidation sites excluding steroid dienone is 5. The molecule has 5 aliphatic rings. The molecule has 4 N–H and O–H groups in total. The first-order chi connectivity index (χ1) is 19.4. The van der Waals surface area contributed by atoms with Gasteiger partial charge in [0.1, 0.15) is 24.4 Å². The third kappa shape index (κ3) is 5.55. The van der Waals surface area contributed by atoms with E-state index in [0.29, 0.717) is 29.1 Å². The Hall–Kier alpha value is -1.02. The SMILES string of the molecule is CC[C@H](/C=C/[C@@H](C)[C@H]1CC[C@H]2[C@@H]3CC=C4C[C@@H](O[C@@H]5O[C@H](CO)[C@@H](O)[C@H](O)[C@H]5O)CC[C@]4(C)C3=CC[C@]12C)C(C)C. The van der Waals surface area contributed by atoms with Gasteiger partial charge in [-0.05, 0) is 92.3 Å². The molecular formula is C35H56O6. The Morgan fingerprint density at radius 2 is 1.78 bits per heavy atom. The van der Waals surface area contributed by atoms with Crippen LogP contribution in [0.3, 0.4) is 0 Å². The van der Waals surface area contributed by atoms with Gasteiger partial charge < -0.3 is 29.9 Å². The summed E-state index contributed by atoms with van der Waals surface area (Å²) in [6, 6.07) is 0. The third-order valence-corrected chi connectivity index (χ3v) is 12.3. The predicted octanol–water partition coefficient (Wildman–Crippen LogP) is 5.55. The molecule has 0 unspecified atom stereocenters. The van der Waals surface area contributed by atoms with Crippen molar-refractivity contribution in [2.75, 3.05) is 6.61 Å². The van der Waals surface area contributed by atoms with E-state index in [1.165, 1.54) is 31.3 Å². The summed E-state index contributed by atoms with van der Waals surface area (Å²) in [5.74, 6) is 4.04. The number of ether oxygens (including phenoxy) is 2. The van der Waals surface area contributed by atoms with Crippen molar-refractivity contribution in [1.82, 2.24) is 0 Å². The summed E-state index contributed by atoms with van der Waals surface area (Å²) in [5.41, 5.74) is 3.48. The van der Waals surface area contributed by atoms with Crippen LogP contribution in [0.5, 0.6) is 0 Å². The zero-order chi connectivity index (χ0) is 29.7. The molecule has 232 valence electrons. The largest absolute Gasteiger partial charge is 0.394 e. The molecule has 1 aliphatic heterocycles. The lowest BCUT2D eigenvalue weighted by molar-refractivity contribution is -0.312. The Bertz CT molecular complexity index is 1020. The summed E-state index contributed by atoms with van der Waals surface area (Å²) in [6.45, 7) is 14.0. The molecule has 0 aromatic rings. The van der Waals surface area contributed by atoms with E-state index in [1.807, 2.05) is 0 Å². The molecule has 6 nitrogen and oxygen atoms in total. The van der Waals surface area contributed by atoms with Gasteiger partial charge in [-0.25, -0.2) is 0 Å². The standard InChI is InChI=1S/C35H56O6/c1-7-22(20(2)3)9-8-21(4)26-12-13-27-25-11-10-23-18-24(14-16-34(23,5)28(25)15-17-35(26,27)6)40-33-32(39)31(38)30(37)29(19-36)41-33/h8-10,15,20-22,24-27,29-33,36-39H,7,11-14,16-19H2,1-6H3/b9-8+/t21-,22-,24+,25+,26-,27+,29-,30-,31+,32-,33-,34+,35-/m1/s1. The Morgan fingerprint density at radius 1 is 1.02 bits per heavy atom. The van der Waals surface area contributed by atoms with Crippen LogP contribution in [0.2, 0.25) is 0 Å². The van der Waals surface area contributed by atoms with Crippen molar-refractivity contribution in [1.29, 1.82) is 0 Å². The lowest BCUT2D eigenvalue weighted by Crippen LogP contribution is -2.59. The molecular weight excluding hydrogens is 516 g/mol. The van der Waals surface area contributed by atoms with Crippen molar-refractivity contribution in [2.24, 2.45) is 46.3 Å². The maximum Gasteiger partial charge on any atom is 0.186 e. The van der Waals surface area contributed by atoms with Crippen molar-refractivity contribution in [2.45, 2.75) is 130 Å². The second-order valence-electron chi connectivity index (χ2n) is 14.8. The molecule has 0 amide bonds. The van der Waals surface area contributed by atoms with Gasteiger partial charge in [-0.2, -0.15) is 0 Å². The van der Waals surface area contributed by atoms with Crippen LogP contribution >= 0.6 is 0 Å². The van der Waals surface area contributed by atoms with Crippen molar-refractivity contribution in [3.05, 3.63) is 35.5 Å². The van der Waals surface area contributed by atoms with E-state index in [4.69, 9.17) is 9.47 Å². The predicted molar refractivity (Wildman–Crippen MR) is 161 cm³/mol. The normalized spacial score (nSPS) is 46.0. The van der Waals surface area contributed by atoms with E-state index in [2.05, 4.69) is 65.8 Å². The highest BCUT2D eigenvalue weighted by Crippen LogP contribution is 2.65. The maximum absolute atomic E-state index is 10.5. The smallest absolute Gasteiger partial charge is 0.186 e. The fraction of sp³-hybridized carbons (Fsp3) is 0.829. The zero-order valence-electron chi connectivity index (χ0n) is 26.2. The van der Waals surface area contributed by atoms with E-state index in [9.17, 15) is 20.4 Å². The van der Waals surface area contributed by atoms with Crippen LogP contribution in [-0.4, -0.2) is 63.8 Å². The van der Waals surface area contributed by atoms with Gasteiger partial charge in [0.05, 0.1) is 12.7 Å². The first-order valence-corrected chi connectivity index (χ1v) is 16.5. The minimum atomic E-state index is -1.41. The Labute approximate surface area is 247 Å². The van der Waals surface area contributed by atoms with Crippen LogP contribution < -0.4 is 0 Å². The fourth-order valence-corrected chi connectivity index (χ4v) is 9.60. The van der Waals surface area contributed by atoms with Gasteiger partial charge >= 0.3 is 0 Å². The van der Waals surface area contributed by atoms with Crippen LogP contribution in [0.1, 0.15) is 92.9 Å². The topological polar surface area (TPSA) is 99.4 Å². The lowest BCUT2D eigenvalue weighted by atomic mass is 9.51. The number of hydrogen-bond acceptors (Lipinski definition) is 6. The summed E-state index contributed by atoms with van der Waals surface area (Å²) in [7, 11) is 0. The van der Waals surface area contributed by atoms with E-state index in [0.717, 1.165) is 37.5 Å². The highest BCUT2D eigenvalue weighted by atomic mass is 16.7. The molecule has 13 atom stereocenters. The highest BCUT2D eigenvalue weighted by Gasteiger charge is 2.56. The molecule has 2 saturated carbocycles. The second-order valence-corrected chi connectivity index (χ2v) is 14.8. The minimum absolute atomic E-state index is 0.0503. The van der Waals surface area contributed by atoms with Gasteiger partial charge in [-0.3, -0.25) is 0 Å². The molecule has 0 aromatic carbocycles. The van der Waals surface area contributed by atoms with Gasteiger partial charge in [-0.15, -0.1) is 0 Å². The molecule has 4 aliphatic carbocycles. The Morgan fingerprint density at radius 3 is 2.46 bits per heavy atom. The van der Waals surface area contributed by atoms with E-state index in [1.54, 1.807) is 5.57 Å². The van der Waals surface area contributed by atoms with Crippen molar-refractivity contribution >= 4 is 0 Å². The minimum Gasteiger partial charge on any atom is -0.394 e. The second kappa shape index (κ2) is 12.2. The number of aliphatic hydroxyl groups excluding tert-OH is 4. The highest BCUT2D eigenvalue weighted by molar-refractivity contribution is 5.39. The van der Waals surface area contributed by atoms with Crippen LogP contribution in [0.15, 0.2) is 35.5 Å². The summed E-state index contributed by atoms with van der Waals surface area (Å²) in [4.78, 5) is 0. The molecule has 41 heavy (non-hydrogen) atoms. The van der Waals surface area contributed by atoms with Crippen LogP contribution in [0.25, 0.3) is 0 Å². The van der Waals surface area contributed by atoms with Crippen molar-refractivity contribution in [3.8, 4) is 0 Å². The van der Waals surface area contributed by atoms with Gasteiger partial charge in [0.25, 0.3) is 0 Å². The number of hydrogen-bond donors (Lipinski definition) is 4. The van der Waals surface area contributed by atoms with Gasteiger partial charge in [0, 0.05) is 5.41 Å². The molecule has 0 aromatic heterocycles. The lowest BCUT2D eigenvalue weighted by Gasteiger charge is -2.54. The first-order valence-electron chi connectivity index (χ1n) is 16.5. The van der Waals surface area contributed by atoms with Crippen LogP contribution in [-0.2, 0) is 9.47 Å². The summed E-state index contributed by atoms with van der Waals surface area (Å²) >= 11 is 0. The monoisotopic (exact) mass is 572 g/mol. The van der Waals surface area contributed by atoms with Gasteiger partial charge in [0.15, 0.2) is 6.29 Å². The van der Waals surface area contributed by atoms with Crippen LogP contribution in [0.4, 0.5) is 0 Å². The van der Waals surface area contributed by atoms with Gasteiger partial charge in [0.2, 0.25) is 0 Å². The summed E-state index contributed by atoms with van der Waals surface area (Å²) in [5, 5.41) is 40.3. The average molecular weight is 573 g/mol. The number of aliphatic hydroxyl groups is 4. The fourth-order valence-electron chi connectivity index (χ4n) is 9.60. The summed E-state index contributed by atoms with van der Waals surface area (Å²) < 4.78 is 11.8. The number of fused-ring (bicyclic) bond motifs is 5. The summed E-state index contributed by atoms with van der Waals surface area (Å²) in [6.07, 6.45) is 12.6. The Kier molecular flexibility index (Phi) is 9.32. The maximum atomic E-state index is 10.5. The zero-order valence-corrected chi connectivity index (χ0v) is 26.2. The number of rotatable bonds is 8. The third-order valence-electron chi connectivity index (χ3n) is 12.3. The molecule has 1 heterocycles. The molecule has 0 radical (unpaired) electrons. The quantitative estimate of drug-likeness (QED) is 0.285. The van der Waals surface area contributed by atoms with E-state index in [-0.39, 0.29) is 11.5 Å². The molecule has 6 heteroatoms. The van der Waals surface area contributed by atoms with E-state index < -0.39 is 37.3 Å². The molecule has 1 saturated heterocycles.